The lowest BCUT2D eigenvalue weighted by Crippen LogP contribution is -2.46. The highest BCUT2D eigenvalue weighted by Gasteiger charge is 2.27. The highest BCUT2D eigenvalue weighted by Crippen LogP contribution is 2.28. The zero-order valence-corrected chi connectivity index (χ0v) is 18.9. The third-order valence-electron chi connectivity index (χ3n) is 6.44. The molecule has 1 aliphatic carbocycles. The number of amides is 3. The first-order chi connectivity index (χ1) is 16.5. The van der Waals surface area contributed by atoms with Gasteiger partial charge in [-0.1, -0.05) is 54.6 Å². The van der Waals surface area contributed by atoms with Crippen LogP contribution in [0.25, 0.3) is 10.8 Å². The standard InChI is InChI=1S/C27H28FN3O3/c28-24-11-4-3-10-23(24)27(34)29-17-18-12-14-20(15-13-18)26(33)31-30-25(32)16-21-8-5-7-19-6-1-2-9-22(19)21/h1-11,18,20H,12-17H2,(H,29,34)(H,30,32)(H,31,33). The Bertz CT molecular complexity index is 1180. The molecule has 0 bridgehead atoms. The van der Waals surface area contributed by atoms with Gasteiger partial charge in [-0.3, -0.25) is 25.2 Å². The number of hydrogen-bond donors (Lipinski definition) is 3. The molecule has 0 aromatic heterocycles. The summed E-state index contributed by atoms with van der Waals surface area (Å²) in [6, 6.07) is 19.6. The Labute approximate surface area is 197 Å². The van der Waals surface area contributed by atoms with Crippen LogP contribution in [0.15, 0.2) is 66.7 Å². The van der Waals surface area contributed by atoms with E-state index in [1.807, 2.05) is 42.5 Å². The summed E-state index contributed by atoms with van der Waals surface area (Å²) in [5.74, 6) is -1.37. The normalized spacial score (nSPS) is 17.7. The summed E-state index contributed by atoms with van der Waals surface area (Å²) in [7, 11) is 0. The Kier molecular flexibility index (Phi) is 7.52. The van der Waals surface area contributed by atoms with Gasteiger partial charge in [0.05, 0.1) is 12.0 Å². The maximum atomic E-state index is 13.7. The molecule has 6 nitrogen and oxygen atoms in total. The maximum absolute atomic E-state index is 13.7. The summed E-state index contributed by atoms with van der Waals surface area (Å²) in [5, 5.41) is 4.88. The lowest BCUT2D eigenvalue weighted by molar-refractivity contribution is -0.131. The van der Waals surface area contributed by atoms with Crippen LogP contribution in [0.4, 0.5) is 4.39 Å². The van der Waals surface area contributed by atoms with E-state index in [2.05, 4.69) is 16.2 Å². The molecule has 4 rings (SSSR count). The summed E-state index contributed by atoms with van der Waals surface area (Å²) in [6.07, 6.45) is 3.08. The number of halogens is 1. The van der Waals surface area contributed by atoms with Crippen molar-refractivity contribution >= 4 is 28.5 Å². The number of carbonyl (C=O) groups excluding carboxylic acids is 3. The second kappa shape index (κ2) is 10.9. The van der Waals surface area contributed by atoms with Crippen molar-refractivity contribution in [2.75, 3.05) is 6.54 Å². The Morgan fingerprint density at radius 3 is 2.32 bits per heavy atom. The van der Waals surface area contributed by atoms with Crippen molar-refractivity contribution in [2.45, 2.75) is 32.1 Å². The quantitative estimate of drug-likeness (QED) is 0.487. The third kappa shape index (κ3) is 5.78. The third-order valence-corrected chi connectivity index (χ3v) is 6.44. The summed E-state index contributed by atoms with van der Waals surface area (Å²) in [6.45, 7) is 0.448. The van der Waals surface area contributed by atoms with E-state index in [-0.39, 0.29) is 35.6 Å². The number of fused-ring (bicyclic) bond motifs is 1. The van der Waals surface area contributed by atoms with E-state index in [0.29, 0.717) is 19.4 Å². The number of nitrogens with one attached hydrogen (secondary N) is 3. The smallest absolute Gasteiger partial charge is 0.254 e. The zero-order valence-electron chi connectivity index (χ0n) is 18.9. The maximum Gasteiger partial charge on any atom is 0.254 e. The van der Waals surface area contributed by atoms with Crippen LogP contribution in [-0.4, -0.2) is 24.3 Å². The summed E-state index contributed by atoms with van der Waals surface area (Å²) in [5.41, 5.74) is 6.04. The average Bonchev–Trinajstić information content (AvgIpc) is 2.86. The fraction of sp³-hybridized carbons (Fsp3) is 0.296. The molecule has 0 atom stereocenters. The van der Waals surface area contributed by atoms with Crippen molar-refractivity contribution in [1.29, 1.82) is 0 Å². The number of hydrogen-bond acceptors (Lipinski definition) is 3. The SMILES string of the molecule is O=C(Cc1cccc2ccccc12)NNC(=O)C1CCC(CNC(=O)c2ccccc2F)CC1. The largest absolute Gasteiger partial charge is 0.352 e. The minimum absolute atomic E-state index is 0.0369. The molecule has 7 heteroatoms. The van der Waals surface area contributed by atoms with Crippen molar-refractivity contribution in [1.82, 2.24) is 16.2 Å². The predicted molar refractivity (Wildman–Crippen MR) is 128 cm³/mol. The van der Waals surface area contributed by atoms with Gasteiger partial charge < -0.3 is 5.32 Å². The van der Waals surface area contributed by atoms with Gasteiger partial charge in [0.2, 0.25) is 11.8 Å². The van der Waals surface area contributed by atoms with Gasteiger partial charge in [0.25, 0.3) is 5.91 Å². The molecule has 176 valence electrons. The van der Waals surface area contributed by atoms with Crippen molar-refractivity contribution in [3.8, 4) is 0 Å². The van der Waals surface area contributed by atoms with E-state index in [1.54, 1.807) is 12.1 Å². The van der Waals surface area contributed by atoms with Crippen LogP contribution in [0.1, 0.15) is 41.6 Å². The Balaban J connectivity index is 1.19. The molecule has 34 heavy (non-hydrogen) atoms. The van der Waals surface area contributed by atoms with Gasteiger partial charge in [-0.2, -0.15) is 0 Å². The topological polar surface area (TPSA) is 87.3 Å². The molecule has 3 amide bonds. The molecular formula is C27H28FN3O3. The summed E-state index contributed by atoms with van der Waals surface area (Å²) >= 11 is 0. The minimum atomic E-state index is -0.539. The highest BCUT2D eigenvalue weighted by atomic mass is 19.1. The number of hydrazine groups is 1. The zero-order chi connectivity index (χ0) is 23.9. The first-order valence-electron chi connectivity index (χ1n) is 11.6. The average molecular weight is 462 g/mol. The van der Waals surface area contributed by atoms with E-state index in [0.717, 1.165) is 29.2 Å². The fourth-order valence-electron chi connectivity index (χ4n) is 4.50. The molecule has 1 fully saturated rings. The lowest BCUT2D eigenvalue weighted by Gasteiger charge is -2.28. The second-order valence-corrected chi connectivity index (χ2v) is 8.76. The number of carbonyl (C=O) groups is 3. The molecule has 0 spiro atoms. The molecular weight excluding hydrogens is 433 g/mol. The van der Waals surface area contributed by atoms with Crippen LogP contribution in [0.5, 0.6) is 0 Å². The molecule has 3 aromatic rings. The van der Waals surface area contributed by atoms with Crippen molar-refractivity contribution < 1.29 is 18.8 Å². The van der Waals surface area contributed by atoms with Gasteiger partial charge in [0, 0.05) is 12.5 Å². The molecule has 1 aliphatic rings. The first-order valence-corrected chi connectivity index (χ1v) is 11.6. The van der Waals surface area contributed by atoms with Crippen molar-refractivity contribution in [2.24, 2.45) is 11.8 Å². The van der Waals surface area contributed by atoms with Gasteiger partial charge in [-0.05, 0) is 60.1 Å². The molecule has 0 aliphatic heterocycles. The van der Waals surface area contributed by atoms with Gasteiger partial charge >= 0.3 is 0 Å². The molecule has 3 N–H and O–H groups in total. The van der Waals surface area contributed by atoms with E-state index >= 15 is 0 Å². The highest BCUT2D eigenvalue weighted by molar-refractivity contribution is 5.94. The molecule has 0 radical (unpaired) electrons. The molecule has 0 unspecified atom stereocenters. The molecule has 1 saturated carbocycles. The lowest BCUT2D eigenvalue weighted by atomic mass is 9.81. The van der Waals surface area contributed by atoms with Crippen LogP contribution in [0, 0.1) is 17.7 Å². The van der Waals surface area contributed by atoms with Gasteiger partial charge in [-0.25, -0.2) is 4.39 Å². The van der Waals surface area contributed by atoms with Gasteiger partial charge in [0.1, 0.15) is 5.82 Å². The van der Waals surface area contributed by atoms with Gasteiger partial charge in [-0.15, -0.1) is 0 Å². The summed E-state index contributed by atoms with van der Waals surface area (Å²) < 4.78 is 13.7. The van der Waals surface area contributed by atoms with Crippen LogP contribution in [0.2, 0.25) is 0 Å². The Hall–Kier alpha value is -3.74. The first kappa shape index (κ1) is 23.4. The monoisotopic (exact) mass is 461 g/mol. The summed E-state index contributed by atoms with van der Waals surface area (Å²) in [4.78, 5) is 37.1. The molecule has 0 saturated heterocycles. The van der Waals surface area contributed by atoms with Gasteiger partial charge in [0.15, 0.2) is 0 Å². The van der Waals surface area contributed by atoms with Crippen LogP contribution in [0.3, 0.4) is 0 Å². The second-order valence-electron chi connectivity index (χ2n) is 8.76. The number of benzene rings is 3. The van der Waals surface area contributed by atoms with Crippen LogP contribution in [-0.2, 0) is 16.0 Å². The molecule has 3 aromatic carbocycles. The van der Waals surface area contributed by atoms with E-state index in [4.69, 9.17) is 0 Å². The van der Waals surface area contributed by atoms with Crippen LogP contribution >= 0.6 is 0 Å². The van der Waals surface area contributed by atoms with E-state index in [9.17, 15) is 18.8 Å². The molecule has 0 heterocycles. The Morgan fingerprint density at radius 2 is 1.53 bits per heavy atom. The van der Waals surface area contributed by atoms with Crippen molar-refractivity contribution in [3.63, 3.8) is 0 Å². The number of rotatable bonds is 6. The fourth-order valence-corrected chi connectivity index (χ4v) is 4.50. The predicted octanol–water partition coefficient (Wildman–Crippen LogP) is 3.91. The van der Waals surface area contributed by atoms with E-state index in [1.165, 1.54) is 12.1 Å². The van der Waals surface area contributed by atoms with Crippen LogP contribution < -0.4 is 16.2 Å². The minimum Gasteiger partial charge on any atom is -0.352 e. The van der Waals surface area contributed by atoms with Crippen molar-refractivity contribution in [3.05, 3.63) is 83.7 Å². The Morgan fingerprint density at radius 1 is 0.824 bits per heavy atom. The van der Waals surface area contributed by atoms with E-state index < -0.39 is 11.7 Å².